The molecule has 2 aliphatic heterocycles. The number of rotatable bonds is 7. The summed E-state index contributed by atoms with van der Waals surface area (Å²) in [5.74, 6) is 2.35. The van der Waals surface area contributed by atoms with Gasteiger partial charge in [0.2, 0.25) is 0 Å². The molecule has 2 saturated heterocycles. The lowest BCUT2D eigenvalue weighted by Crippen LogP contribution is -2.54. The maximum Gasteiger partial charge on any atom is 0.111 e. The van der Waals surface area contributed by atoms with Crippen molar-refractivity contribution < 1.29 is 30.3 Å². The van der Waals surface area contributed by atoms with Gasteiger partial charge in [0.15, 0.2) is 0 Å². The molecule has 0 spiro atoms. The summed E-state index contributed by atoms with van der Waals surface area (Å²) in [5.41, 5.74) is -1.78. The zero-order chi connectivity index (χ0) is 19.7. The third-order valence-electron chi connectivity index (χ3n) is 6.23. The van der Waals surface area contributed by atoms with Crippen molar-refractivity contribution >= 4 is 0 Å². The van der Waals surface area contributed by atoms with Gasteiger partial charge in [-0.2, -0.15) is 0 Å². The highest BCUT2D eigenvalue weighted by Gasteiger charge is 2.52. The molecule has 9 atom stereocenters. The molecule has 0 amide bonds. The van der Waals surface area contributed by atoms with Gasteiger partial charge in [0.25, 0.3) is 0 Å². The molecule has 2 aliphatic rings. The van der Waals surface area contributed by atoms with Gasteiger partial charge in [0.1, 0.15) is 17.7 Å². The summed E-state index contributed by atoms with van der Waals surface area (Å²) in [7, 11) is 0. The maximum atomic E-state index is 10.3. The fraction of sp³-hybridized carbons (Fsp3) is 0.889. The van der Waals surface area contributed by atoms with Gasteiger partial charge in [-0.3, -0.25) is 5.32 Å². The molecule has 0 aromatic rings. The van der Waals surface area contributed by atoms with E-state index in [4.69, 9.17) is 11.2 Å². The zero-order valence-electron chi connectivity index (χ0n) is 15.6. The lowest BCUT2D eigenvalue weighted by atomic mass is 9.83. The Balaban J connectivity index is 1.91. The summed E-state index contributed by atoms with van der Waals surface area (Å²) >= 11 is 0. The number of aliphatic hydroxyl groups is 5. The Kier molecular flexibility index (Phi) is 6.70. The lowest BCUT2D eigenvalue weighted by Gasteiger charge is -2.35. The zero-order valence-corrected chi connectivity index (χ0v) is 15.6. The molecule has 8 nitrogen and oxygen atoms in total. The van der Waals surface area contributed by atoms with Crippen LogP contribution in [0.5, 0.6) is 0 Å². The van der Waals surface area contributed by atoms with Crippen LogP contribution < -0.4 is 10.6 Å². The molecule has 2 fully saturated rings. The van der Waals surface area contributed by atoms with E-state index in [-0.39, 0.29) is 25.7 Å². The van der Waals surface area contributed by atoms with Crippen LogP contribution in [0.15, 0.2) is 0 Å². The van der Waals surface area contributed by atoms with Crippen LogP contribution in [0, 0.1) is 18.3 Å². The van der Waals surface area contributed by atoms with Gasteiger partial charge in [-0.25, -0.2) is 0 Å². The smallest absolute Gasteiger partial charge is 0.111 e. The monoisotopic (exact) mass is 372 g/mol. The molecule has 0 aliphatic carbocycles. The Morgan fingerprint density at radius 3 is 2.19 bits per heavy atom. The first-order chi connectivity index (χ1) is 12.2. The summed E-state index contributed by atoms with van der Waals surface area (Å²) in [5, 5.41) is 56.2. The lowest BCUT2D eigenvalue weighted by molar-refractivity contribution is -0.0325. The van der Waals surface area contributed by atoms with Gasteiger partial charge in [0, 0.05) is 5.54 Å². The number of aliphatic hydroxyl groups excluding tert-OH is 5. The average Bonchev–Trinajstić information content (AvgIpc) is 3.02. The van der Waals surface area contributed by atoms with Gasteiger partial charge in [-0.05, 0) is 19.3 Å². The molecule has 0 radical (unpaired) electrons. The van der Waals surface area contributed by atoms with Crippen molar-refractivity contribution in [1.82, 2.24) is 10.6 Å². The van der Waals surface area contributed by atoms with Crippen LogP contribution in [0.2, 0.25) is 0 Å². The van der Waals surface area contributed by atoms with E-state index in [2.05, 4.69) is 16.6 Å². The minimum absolute atomic E-state index is 0.143. The number of ether oxygens (including phenoxy) is 1. The van der Waals surface area contributed by atoms with E-state index in [1.54, 1.807) is 6.92 Å². The second kappa shape index (κ2) is 8.09. The van der Waals surface area contributed by atoms with Crippen LogP contribution in [0.25, 0.3) is 0 Å². The predicted molar refractivity (Wildman–Crippen MR) is 95.2 cm³/mol. The largest absolute Gasteiger partial charge is 0.395 e. The normalized spacial score (nSPS) is 47.0. The standard InChI is InChI=1S/C18H32N2O6/c1-5-18(6-2)16(25)14(23)12(20-18)9-26-8-10(3)17(4)15(24)13(22)11(7-21)19-17/h1,10-16,19-25H,6-9H2,2-4H3/t10?,11-,12-,13-,14-,15-,16-,17+,18+/m1/s1. The first-order valence-corrected chi connectivity index (χ1v) is 9.10. The van der Waals surface area contributed by atoms with E-state index in [0.717, 1.165) is 0 Å². The van der Waals surface area contributed by atoms with Crippen LogP contribution in [0.3, 0.4) is 0 Å². The van der Waals surface area contributed by atoms with E-state index in [1.165, 1.54) is 0 Å². The average molecular weight is 372 g/mol. The van der Waals surface area contributed by atoms with Crippen molar-refractivity contribution in [1.29, 1.82) is 0 Å². The highest BCUT2D eigenvalue weighted by atomic mass is 16.5. The molecule has 2 heterocycles. The van der Waals surface area contributed by atoms with E-state index in [1.807, 2.05) is 13.8 Å². The fourth-order valence-electron chi connectivity index (χ4n) is 3.97. The molecule has 0 aromatic carbocycles. The SMILES string of the molecule is C#C[C@@]1(CC)N[C@H](COCC(C)[C@]2(C)N[C@H](CO)[C@@H](O)[C@H]2O)[C@@H](O)[C@H]1O. The molecule has 2 rings (SSSR count). The molecular weight excluding hydrogens is 340 g/mol. The second-order valence-corrected chi connectivity index (χ2v) is 7.75. The Morgan fingerprint density at radius 1 is 1.12 bits per heavy atom. The van der Waals surface area contributed by atoms with E-state index < -0.39 is 47.6 Å². The Labute approximate surface area is 154 Å². The maximum absolute atomic E-state index is 10.3. The van der Waals surface area contributed by atoms with Crippen LogP contribution >= 0.6 is 0 Å². The number of hydrogen-bond acceptors (Lipinski definition) is 8. The first-order valence-electron chi connectivity index (χ1n) is 9.10. The minimum Gasteiger partial charge on any atom is -0.395 e. The van der Waals surface area contributed by atoms with Gasteiger partial charge in [-0.1, -0.05) is 19.8 Å². The summed E-state index contributed by atoms with van der Waals surface area (Å²) in [4.78, 5) is 0. The Bertz CT molecular complexity index is 528. The van der Waals surface area contributed by atoms with Crippen LogP contribution in [0.1, 0.15) is 27.2 Å². The highest BCUT2D eigenvalue weighted by molar-refractivity contribution is 5.23. The third kappa shape index (κ3) is 3.51. The molecule has 0 bridgehead atoms. The van der Waals surface area contributed by atoms with Crippen molar-refractivity contribution in [2.75, 3.05) is 19.8 Å². The highest BCUT2D eigenvalue weighted by Crippen LogP contribution is 2.32. The summed E-state index contributed by atoms with van der Waals surface area (Å²) in [6.45, 7) is 5.60. The summed E-state index contributed by atoms with van der Waals surface area (Å²) < 4.78 is 5.71. The third-order valence-corrected chi connectivity index (χ3v) is 6.23. The van der Waals surface area contributed by atoms with Gasteiger partial charge in [0.05, 0.1) is 44.1 Å². The summed E-state index contributed by atoms with van der Waals surface area (Å²) in [6, 6.07) is -1.09. The molecule has 1 unspecified atom stereocenters. The molecule has 26 heavy (non-hydrogen) atoms. The van der Waals surface area contributed by atoms with Crippen molar-refractivity contribution in [3.63, 3.8) is 0 Å². The van der Waals surface area contributed by atoms with Crippen molar-refractivity contribution in [3.05, 3.63) is 0 Å². The quantitative estimate of drug-likeness (QED) is 0.245. The Morgan fingerprint density at radius 2 is 1.73 bits per heavy atom. The van der Waals surface area contributed by atoms with E-state index >= 15 is 0 Å². The van der Waals surface area contributed by atoms with E-state index in [9.17, 15) is 25.5 Å². The summed E-state index contributed by atoms with van der Waals surface area (Å²) in [6.07, 6.45) is 1.80. The van der Waals surface area contributed by atoms with Crippen LogP contribution in [-0.4, -0.2) is 92.9 Å². The Hall–Kier alpha value is -0.760. The predicted octanol–water partition coefficient (Wildman–Crippen LogP) is -2.44. The molecular formula is C18H32N2O6. The van der Waals surface area contributed by atoms with Crippen molar-refractivity contribution in [2.24, 2.45) is 5.92 Å². The van der Waals surface area contributed by atoms with Gasteiger partial charge >= 0.3 is 0 Å². The van der Waals surface area contributed by atoms with Crippen molar-refractivity contribution in [3.8, 4) is 12.3 Å². The second-order valence-electron chi connectivity index (χ2n) is 7.75. The fourth-order valence-corrected chi connectivity index (χ4v) is 3.97. The molecule has 150 valence electrons. The van der Waals surface area contributed by atoms with Crippen LogP contribution in [0.4, 0.5) is 0 Å². The molecule has 0 aromatic heterocycles. The molecule has 8 heteroatoms. The van der Waals surface area contributed by atoms with Gasteiger partial charge < -0.3 is 35.6 Å². The van der Waals surface area contributed by atoms with Gasteiger partial charge in [-0.15, -0.1) is 6.42 Å². The first kappa shape index (κ1) is 21.5. The van der Waals surface area contributed by atoms with Crippen molar-refractivity contribution in [2.45, 2.75) is 74.8 Å². The molecule has 7 N–H and O–H groups in total. The minimum atomic E-state index is -1.07. The van der Waals surface area contributed by atoms with E-state index in [0.29, 0.717) is 6.42 Å². The number of hydrogen-bond donors (Lipinski definition) is 7. The topological polar surface area (TPSA) is 134 Å². The number of terminal acetylenes is 1. The molecule has 0 saturated carbocycles. The number of nitrogens with one attached hydrogen (secondary N) is 2. The van der Waals surface area contributed by atoms with Crippen LogP contribution in [-0.2, 0) is 4.74 Å².